The minimum absolute atomic E-state index is 0.221. The van der Waals surface area contributed by atoms with E-state index in [9.17, 15) is 4.79 Å². The van der Waals surface area contributed by atoms with E-state index in [1.165, 1.54) is 17.5 Å². The van der Waals surface area contributed by atoms with Crippen molar-refractivity contribution in [2.45, 2.75) is 40.2 Å². The Morgan fingerprint density at radius 2 is 2.25 bits per heavy atom. The lowest BCUT2D eigenvalue weighted by Gasteiger charge is -2.11. The Bertz CT molecular complexity index is 744. The van der Waals surface area contributed by atoms with Crippen LogP contribution in [0.25, 0.3) is 5.57 Å². The Kier molecular flexibility index (Phi) is 7.87. The first-order valence-electron chi connectivity index (χ1n) is 7.67. The molecule has 1 unspecified atom stereocenters. The minimum atomic E-state index is -0.285. The average Bonchev–Trinajstić information content (AvgIpc) is 3.02. The predicted octanol–water partition coefficient (Wildman–Crippen LogP) is 4.30. The number of carbonyl (C=O) groups is 1. The summed E-state index contributed by atoms with van der Waals surface area (Å²) < 4.78 is 0. The van der Waals surface area contributed by atoms with Crippen LogP contribution in [-0.4, -0.2) is 16.6 Å². The smallest absolute Gasteiger partial charge is 0.270 e. The lowest BCUT2D eigenvalue weighted by Crippen LogP contribution is -2.32. The van der Waals surface area contributed by atoms with Gasteiger partial charge in [0.15, 0.2) is 0 Å². The number of nitrogens with zero attached hydrogens (tertiary/aromatic N) is 2. The third kappa shape index (κ3) is 5.98. The quantitative estimate of drug-likeness (QED) is 0.619. The predicted molar refractivity (Wildman–Crippen MR) is 103 cm³/mol. The zero-order valence-electron chi connectivity index (χ0n) is 14.6. The number of nitrogens with one attached hydrogen (secondary N) is 1. The molecule has 1 amide bonds. The van der Waals surface area contributed by atoms with Gasteiger partial charge in [-0.1, -0.05) is 31.9 Å². The van der Waals surface area contributed by atoms with E-state index in [0.717, 1.165) is 27.5 Å². The summed E-state index contributed by atoms with van der Waals surface area (Å²) in [5.41, 5.74) is 2.01. The zero-order valence-corrected chi connectivity index (χ0v) is 15.5. The van der Waals surface area contributed by atoms with Crippen molar-refractivity contribution in [2.24, 2.45) is 4.99 Å². The number of hydrogen-bond donors (Lipinski definition) is 1. The van der Waals surface area contributed by atoms with E-state index in [1.807, 2.05) is 27.7 Å². The van der Waals surface area contributed by atoms with Gasteiger partial charge in [-0.15, -0.1) is 11.3 Å². The summed E-state index contributed by atoms with van der Waals surface area (Å²) >= 11 is 1.52. The molecule has 0 radical (unpaired) electrons. The van der Waals surface area contributed by atoms with Gasteiger partial charge in [-0.3, -0.25) is 9.79 Å². The topological polar surface area (TPSA) is 54.4 Å². The molecule has 1 rings (SSSR count). The van der Waals surface area contributed by atoms with Gasteiger partial charge in [0.05, 0.1) is 6.04 Å². The lowest BCUT2D eigenvalue weighted by molar-refractivity contribution is -0.115. The van der Waals surface area contributed by atoms with Gasteiger partial charge < -0.3 is 5.32 Å². The Morgan fingerprint density at radius 3 is 2.79 bits per heavy atom. The summed E-state index contributed by atoms with van der Waals surface area (Å²) in [6.07, 6.45) is 5.54. The highest BCUT2D eigenvalue weighted by Gasteiger charge is 2.16. The van der Waals surface area contributed by atoms with Crippen LogP contribution in [0.4, 0.5) is 0 Å². The van der Waals surface area contributed by atoms with E-state index < -0.39 is 0 Å². The molecule has 1 aromatic rings. The Hall–Kier alpha value is -2.45. The number of thiazole rings is 1. The molecule has 0 aliphatic carbocycles. The van der Waals surface area contributed by atoms with Gasteiger partial charge in [-0.25, -0.2) is 4.98 Å². The van der Waals surface area contributed by atoms with E-state index in [0.29, 0.717) is 0 Å². The molecule has 0 aliphatic rings. The molecule has 1 N–H and O–H groups in total. The highest BCUT2D eigenvalue weighted by atomic mass is 32.1. The van der Waals surface area contributed by atoms with E-state index in [1.54, 1.807) is 12.3 Å². The Morgan fingerprint density at radius 1 is 1.54 bits per heavy atom. The molecular weight excluding hydrogens is 318 g/mol. The van der Waals surface area contributed by atoms with E-state index in [4.69, 9.17) is 0 Å². The number of hydrogen-bond acceptors (Lipinski definition) is 4. The number of allylic oxidation sites excluding steroid dienone is 2. The van der Waals surface area contributed by atoms with Crippen LogP contribution >= 0.6 is 11.3 Å². The number of carbonyl (C=O) groups excluding carboxylic acids is 1. The summed E-state index contributed by atoms with van der Waals surface area (Å²) in [4.78, 5) is 21.8. The Labute approximate surface area is 148 Å². The van der Waals surface area contributed by atoms with Crippen LogP contribution in [0.15, 0.2) is 42.2 Å². The maximum atomic E-state index is 12.4. The average molecular weight is 341 g/mol. The maximum Gasteiger partial charge on any atom is 0.270 e. The molecule has 4 nitrogen and oxygen atoms in total. The van der Waals surface area contributed by atoms with Crippen molar-refractivity contribution in [1.82, 2.24) is 10.3 Å². The van der Waals surface area contributed by atoms with Crippen LogP contribution in [0, 0.1) is 11.8 Å². The molecule has 0 aromatic carbocycles. The normalized spacial score (nSPS) is 12.8. The molecule has 0 fully saturated rings. The number of amides is 1. The molecule has 0 spiro atoms. The van der Waals surface area contributed by atoms with Gasteiger partial charge in [0.25, 0.3) is 5.91 Å². The van der Waals surface area contributed by atoms with Crippen molar-refractivity contribution in [1.29, 1.82) is 0 Å². The van der Waals surface area contributed by atoms with Gasteiger partial charge in [0, 0.05) is 29.3 Å². The van der Waals surface area contributed by atoms with Crippen molar-refractivity contribution in [3.8, 4) is 11.8 Å². The molecular formula is C19H23N3OS. The van der Waals surface area contributed by atoms with Gasteiger partial charge in [0.1, 0.15) is 10.7 Å². The van der Waals surface area contributed by atoms with E-state index in [2.05, 4.69) is 40.3 Å². The number of rotatable bonds is 6. The first kappa shape index (κ1) is 19.6. The largest absolute Gasteiger partial charge is 0.342 e. The number of aliphatic imine (C=N–C) groups is 1. The summed E-state index contributed by atoms with van der Waals surface area (Å²) in [5, 5.41) is 3.73. The second-order valence-corrected chi connectivity index (χ2v) is 6.28. The SMILES string of the molecule is C=CN=C(/C=C(\C)C#CCC)C(=O)NC(C)c1ncc(C(=C)C)s1. The van der Waals surface area contributed by atoms with Crippen LogP contribution in [0.3, 0.4) is 0 Å². The van der Waals surface area contributed by atoms with Crippen molar-refractivity contribution >= 4 is 28.5 Å². The molecule has 1 heterocycles. The van der Waals surface area contributed by atoms with Gasteiger partial charge >= 0.3 is 0 Å². The molecule has 5 heteroatoms. The Balaban J connectivity index is 2.90. The monoisotopic (exact) mass is 341 g/mol. The van der Waals surface area contributed by atoms with Crippen LogP contribution in [0.1, 0.15) is 50.0 Å². The maximum absolute atomic E-state index is 12.4. The fourth-order valence-corrected chi connectivity index (χ4v) is 2.59. The van der Waals surface area contributed by atoms with Gasteiger partial charge in [0.2, 0.25) is 0 Å². The molecule has 126 valence electrons. The van der Waals surface area contributed by atoms with Crippen molar-refractivity contribution < 1.29 is 4.79 Å². The van der Waals surface area contributed by atoms with Crippen molar-refractivity contribution in [3.63, 3.8) is 0 Å². The van der Waals surface area contributed by atoms with E-state index in [-0.39, 0.29) is 17.7 Å². The third-order valence-corrected chi connectivity index (χ3v) is 4.28. The first-order valence-corrected chi connectivity index (χ1v) is 8.49. The van der Waals surface area contributed by atoms with E-state index >= 15 is 0 Å². The third-order valence-electron chi connectivity index (χ3n) is 2.94. The highest BCUT2D eigenvalue weighted by molar-refractivity contribution is 7.12. The number of aromatic nitrogens is 1. The zero-order chi connectivity index (χ0) is 18.1. The lowest BCUT2D eigenvalue weighted by atomic mass is 10.2. The summed E-state index contributed by atoms with van der Waals surface area (Å²) in [5.74, 6) is 5.65. The molecule has 1 aromatic heterocycles. The summed E-state index contributed by atoms with van der Waals surface area (Å²) in [6, 6.07) is -0.221. The van der Waals surface area contributed by atoms with Crippen LogP contribution in [0.2, 0.25) is 0 Å². The molecule has 0 saturated carbocycles. The van der Waals surface area contributed by atoms with Crippen LogP contribution in [-0.2, 0) is 4.79 Å². The summed E-state index contributed by atoms with van der Waals surface area (Å²) in [7, 11) is 0. The standard InChI is InChI=1S/C19H23N3OS/c1-7-9-10-14(5)11-16(20-8-2)18(23)22-15(6)19-21-12-17(24-19)13(3)4/h8,11-12,15H,2-3,7H2,1,4-6H3,(H,22,23)/b14-11+,20-16?. The molecule has 0 aliphatic heterocycles. The van der Waals surface area contributed by atoms with Crippen molar-refractivity contribution in [3.05, 3.63) is 47.1 Å². The van der Waals surface area contributed by atoms with Crippen LogP contribution < -0.4 is 5.32 Å². The molecule has 0 saturated heterocycles. The highest BCUT2D eigenvalue weighted by Crippen LogP contribution is 2.24. The van der Waals surface area contributed by atoms with Gasteiger partial charge in [-0.2, -0.15) is 0 Å². The second-order valence-electron chi connectivity index (χ2n) is 5.22. The fraction of sp³-hybridized carbons (Fsp3) is 0.316. The van der Waals surface area contributed by atoms with Crippen molar-refractivity contribution in [2.75, 3.05) is 0 Å². The second kappa shape index (κ2) is 9.64. The first-order chi connectivity index (χ1) is 11.4. The van der Waals surface area contributed by atoms with Gasteiger partial charge in [-0.05, 0) is 32.4 Å². The molecule has 1 atom stereocenters. The summed E-state index contributed by atoms with van der Waals surface area (Å²) in [6.45, 7) is 15.1. The van der Waals surface area contributed by atoms with Crippen LogP contribution in [0.5, 0.6) is 0 Å². The molecule has 24 heavy (non-hydrogen) atoms. The minimum Gasteiger partial charge on any atom is -0.342 e. The molecule has 0 bridgehead atoms. The fourth-order valence-electron chi connectivity index (χ4n) is 1.75.